The lowest BCUT2D eigenvalue weighted by Crippen LogP contribution is -2.38. The van der Waals surface area contributed by atoms with E-state index >= 15 is 0 Å². The first-order valence-corrected chi connectivity index (χ1v) is 8.53. The van der Waals surface area contributed by atoms with Crippen LogP contribution in [-0.2, 0) is 20.1 Å². The molecule has 1 aromatic heterocycles. The van der Waals surface area contributed by atoms with Crippen molar-refractivity contribution >= 4 is 52.6 Å². The molecule has 26 heavy (non-hydrogen) atoms. The smallest absolute Gasteiger partial charge is 0.194 e. The summed E-state index contributed by atoms with van der Waals surface area (Å²) in [6, 6.07) is 16.0. The number of hydrogen-bond acceptors (Lipinski definition) is 2. The lowest BCUT2D eigenvalue weighted by atomic mass is 10.2. The van der Waals surface area contributed by atoms with E-state index in [1.807, 2.05) is 50.5 Å². The average molecular weight is 484 g/mol. The Balaban J connectivity index is 0.00000243. The van der Waals surface area contributed by atoms with E-state index in [1.54, 1.807) is 7.05 Å². The fraction of sp³-hybridized carbons (Fsp3) is 0.263. The van der Waals surface area contributed by atoms with E-state index in [2.05, 4.69) is 36.9 Å². The van der Waals surface area contributed by atoms with Crippen molar-refractivity contribution in [3.8, 4) is 0 Å². The summed E-state index contributed by atoms with van der Waals surface area (Å²) in [5, 5.41) is 4.13. The molecule has 5 nitrogen and oxygen atoms in total. The van der Waals surface area contributed by atoms with Crippen molar-refractivity contribution in [1.29, 1.82) is 0 Å². The lowest BCUT2D eigenvalue weighted by Gasteiger charge is -2.22. The van der Waals surface area contributed by atoms with Crippen LogP contribution in [0.1, 0.15) is 11.4 Å². The Kier molecular flexibility index (Phi) is 7.28. The molecule has 0 amide bonds. The summed E-state index contributed by atoms with van der Waals surface area (Å²) in [5.74, 6) is 1.78. The molecule has 0 saturated heterocycles. The molecule has 0 spiro atoms. The Bertz CT molecular complexity index is 906. The molecule has 0 radical (unpaired) electrons. The molecular weight excluding hydrogens is 461 g/mol. The zero-order valence-electron chi connectivity index (χ0n) is 15.1. The minimum absolute atomic E-state index is 0. The number of aromatic nitrogens is 2. The molecule has 1 heterocycles. The first kappa shape index (κ1) is 20.5. The fourth-order valence-corrected chi connectivity index (χ4v) is 3.09. The van der Waals surface area contributed by atoms with Crippen molar-refractivity contribution in [3.05, 3.63) is 64.9 Å². The SMILES string of the molecule is CN=C(NCc1nc2ccccc2n1C)N(C)Cc1cccc(Cl)c1.I. The number of hydrogen-bond donors (Lipinski definition) is 1. The van der Waals surface area contributed by atoms with Crippen LogP contribution in [0.25, 0.3) is 11.0 Å². The second-order valence-electron chi connectivity index (χ2n) is 5.96. The van der Waals surface area contributed by atoms with Gasteiger partial charge >= 0.3 is 0 Å². The number of nitrogens with zero attached hydrogens (tertiary/aromatic N) is 4. The Morgan fingerprint density at radius 2 is 2.00 bits per heavy atom. The van der Waals surface area contributed by atoms with Crippen molar-refractivity contribution in [2.75, 3.05) is 14.1 Å². The van der Waals surface area contributed by atoms with E-state index in [4.69, 9.17) is 11.6 Å². The molecule has 0 aliphatic rings. The van der Waals surface area contributed by atoms with Gasteiger partial charge in [0, 0.05) is 32.7 Å². The van der Waals surface area contributed by atoms with Crippen molar-refractivity contribution in [1.82, 2.24) is 19.8 Å². The first-order valence-electron chi connectivity index (χ1n) is 8.15. The molecule has 0 saturated carbocycles. The Morgan fingerprint density at radius 3 is 2.69 bits per heavy atom. The molecule has 1 N–H and O–H groups in total. The van der Waals surface area contributed by atoms with Gasteiger partial charge in [-0.2, -0.15) is 0 Å². The molecule has 0 aliphatic carbocycles. The molecule has 0 atom stereocenters. The van der Waals surface area contributed by atoms with Crippen LogP contribution >= 0.6 is 35.6 Å². The highest BCUT2D eigenvalue weighted by Crippen LogP contribution is 2.14. The number of rotatable bonds is 4. The summed E-state index contributed by atoms with van der Waals surface area (Å²) in [4.78, 5) is 11.1. The summed E-state index contributed by atoms with van der Waals surface area (Å²) >= 11 is 6.06. The Labute approximate surface area is 176 Å². The third kappa shape index (κ3) is 4.67. The highest BCUT2D eigenvalue weighted by atomic mass is 127. The van der Waals surface area contributed by atoms with Gasteiger partial charge in [0.15, 0.2) is 5.96 Å². The summed E-state index contributed by atoms with van der Waals surface area (Å²) in [6.07, 6.45) is 0. The Hall–Kier alpha value is -1.80. The van der Waals surface area contributed by atoms with Crippen LogP contribution in [-0.4, -0.2) is 34.5 Å². The topological polar surface area (TPSA) is 45.5 Å². The second-order valence-corrected chi connectivity index (χ2v) is 6.40. The highest BCUT2D eigenvalue weighted by molar-refractivity contribution is 14.0. The number of benzene rings is 2. The van der Waals surface area contributed by atoms with Gasteiger partial charge in [-0.1, -0.05) is 35.9 Å². The summed E-state index contributed by atoms with van der Waals surface area (Å²) in [6.45, 7) is 1.33. The van der Waals surface area contributed by atoms with Gasteiger partial charge in [-0.15, -0.1) is 24.0 Å². The van der Waals surface area contributed by atoms with Crippen LogP contribution in [0.4, 0.5) is 0 Å². The molecule has 2 aromatic carbocycles. The molecule has 0 aliphatic heterocycles. The van der Waals surface area contributed by atoms with Crippen LogP contribution in [0, 0.1) is 0 Å². The number of nitrogens with one attached hydrogen (secondary N) is 1. The van der Waals surface area contributed by atoms with Gasteiger partial charge in [0.2, 0.25) is 0 Å². The Morgan fingerprint density at radius 1 is 1.23 bits per heavy atom. The third-order valence-electron chi connectivity index (χ3n) is 4.17. The van der Waals surface area contributed by atoms with E-state index in [9.17, 15) is 0 Å². The van der Waals surface area contributed by atoms with Crippen molar-refractivity contribution in [2.24, 2.45) is 12.0 Å². The number of aliphatic imine (C=N–C) groups is 1. The summed E-state index contributed by atoms with van der Waals surface area (Å²) < 4.78 is 2.10. The molecule has 7 heteroatoms. The van der Waals surface area contributed by atoms with Gasteiger partial charge in [0.25, 0.3) is 0 Å². The van der Waals surface area contributed by atoms with Gasteiger partial charge in [-0.05, 0) is 29.8 Å². The fourth-order valence-electron chi connectivity index (χ4n) is 2.88. The first-order chi connectivity index (χ1) is 12.1. The maximum atomic E-state index is 6.06. The van der Waals surface area contributed by atoms with Gasteiger partial charge in [0.1, 0.15) is 5.82 Å². The monoisotopic (exact) mass is 483 g/mol. The number of imidazole rings is 1. The zero-order chi connectivity index (χ0) is 17.8. The van der Waals surface area contributed by atoms with Gasteiger partial charge in [0.05, 0.1) is 17.6 Å². The summed E-state index contributed by atoms with van der Waals surface area (Å²) in [5.41, 5.74) is 3.27. The van der Waals surface area contributed by atoms with Crippen LogP contribution in [0.15, 0.2) is 53.5 Å². The van der Waals surface area contributed by atoms with Gasteiger partial charge < -0.3 is 14.8 Å². The minimum atomic E-state index is 0. The maximum absolute atomic E-state index is 6.06. The van der Waals surface area contributed by atoms with Gasteiger partial charge in [-0.25, -0.2) is 4.98 Å². The predicted octanol–water partition coefficient (Wildman–Crippen LogP) is 4.05. The van der Waals surface area contributed by atoms with Gasteiger partial charge in [-0.3, -0.25) is 4.99 Å². The van der Waals surface area contributed by atoms with E-state index in [0.717, 1.165) is 39.9 Å². The second kappa shape index (κ2) is 9.23. The van der Waals surface area contributed by atoms with Crippen molar-refractivity contribution in [2.45, 2.75) is 13.1 Å². The molecule has 0 unspecified atom stereocenters. The maximum Gasteiger partial charge on any atom is 0.194 e. The van der Waals surface area contributed by atoms with Crippen LogP contribution < -0.4 is 5.32 Å². The molecular formula is C19H23ClIN5. The van der Waals surface area contributed by atoms with Crippen molar-refractivity contribution in [3.63, 3.8) is 0 Å². The number of guanidine groups is 1. The zero-order valence-corrected chi connectivity index (χ0v) is 18.2. The van der Waals surface area contributed by atoms with E-state index in [-0.39, 0.29) is 24.0 Å². The largest absolute Gasteiger partial charge is 0.349 e. The quantitative estimate of drug-likeness (QED) is 0.346. The molecule has 0 bridgehead atoms. The van der Waals surface area contributed by atoms with E-state index < -0.39 is 0 Å². The molecule has 3 rings (SSSR count). The third-order valence-corrected chi connectivity index (χ3v) is 4.40. The number of halogens is 2. The molecule has 0 fully saturated rings. The highest BCUT2D eigenvalue weighted by Gasteiger charge is 2.10. The molecule has 138 valence electrons. The summed E-state index contributed by atoms with van der Waals surface area (Å²) in [7, 11) is 5.82. The van der Waals surface area contributed by atoms with Crippen LogP contribution in [0.2, 0.25) is 5.02 Å². The van der Waals surface area contributed by atoms with Crippen LogP contribution in [0.5, 0.6) is 0 Å². The standard InChI is InChI=1S/C19H22ClN5.HI/c1-21-19(24(2)13-14-7-6-8-15(20)11-14)22-12-18-23-16-9-4-5-10-17(16)25(18)3;/h4-11H,12-13H2,1-3H3,(H,21,22);1H. The predicted molar refractivity (Wildman–Crippen MR) is 119 cm³/mol. The average Bonchev–Trinajstić information content (AvgIpc) is 2.92. The van der Waals surface area contributed by atoms with Crippen LogP contribution in [0.3, 0.4) is 0 Å². The lowest BCUT2D eigenvalue weighted by molar-refractivity contribution is 0.474. The van der Waals surface area contributed by atoms with Crippen molar-refractivity contribution < 1.29 is 0 Å². The molecule has 3 aromatic rings. The number of aryl methyl sites for hydroxylation is 1. The minimum Gasteiger partial charge on any atom is -0.349 e. The van der Waals surface area contributed by atoms with E-state index in [1.165, 1.54) is 0 Å². The number of para-hydroxylation sites is 2. The number of fused-ring (bicyclic) bond motifs is 1. The normalized spacial score (nSPS) is 11.3. The van der Waals surface area contributed by atoms with E-state index in [0.29, 0.717) is 6.54 Å².